The third kappa shape index (κ3) is 2.83. The van der Waals surface area contributed by atoms with E-state index in [1.54, 1.807) is 28.9 Å². The van der Waals surface area contributed by atoms with E-state index in [-0.39, 0.29) is 12.4 Å². The van der Waals surface area contributed by atoms with Gasteiger partial charge in [0.05, 0.1) is 6.04 Å². The molecule has 0 saturated heterocycles. The fourth-order valence-electron chi connectivity index (χ4n) is 2.91. The van der Waals surface area contributed by atoms with Crippen LogP contribution in [0.5, 0.6) is 5.75 Å². The number of carbonyl (C=O) groups is 1. The number of aliphatic hydroxyl groups excluding tert-OH is 1. The van der Waals surface area contributed by atoms with Gasteiger partial charge in [0.25, 0.3) is 0 Å². The molecular formula is C16H19N5O3. The van der Waals surface area contributed by atoms with Crippen LogP contribution in [0.1, 0.15) is 23.9 Å². The Morgan fingerprint density at radius 1 is 1.46 bits per heavy atom. The van der Waals surface area contributed by atoms with Crippen molar-refractivity contribution in [3.05, 3.63) is 47.9 Å². The van der Waals surface area contributed by atoms with Crippen LogP contribution >= 0.6 is 0 Å². The summed E-state index contributed by atoms with van der Waals surface area (Å²) >= 11 is 0. The summed E-state index contributed by atoms with van der Waals surface area (Å²) in [6.07, 6.45) is 1.05. The van der Waals surface area contributed by atoms with Crippen LogP contribution in [-0.4, -0.2) is 37.5 Å². The Kier molecular flexibility index (Phi) is 4.22. The minimum atomic E-state index is -0.730. The van der Waals surface area contributed by atoms with Gasteiger partial charge in [-0.3, -0.25) is 4.79 Å². The average molecular weight is 329 g/mol. The second kappa shape index (κ2) is 6.32. The molecule has 8 nitrogen and oxygen atoms in total. The Morgan fingerprint density at radius 3 is 2.92 bits per heavy atom. The lowest BCUT2D eigenvalue weighted by atomic mass is 9.88. The summed E-state index contributed by atoms with van der Waals surface area (Å²) in [5.41, 5.74) is 6.69. The first kappa shape index (κ1) is 16.0. The van der Waals surface area contributed by atoms with Crippen molar-refractivity contribution in [3.8, 4) is 5.75 Å². The number of fused-ring (bicyclic) bond motifs is 1. The largest absolute Gasteiger partial charge is 0.508 e. The van der Waals surface area contributed by atoms with Crippen molar-refractivity contribution in [2.24, 2.45) is 11.7 Å². The number of rotatable bonds is 5. The highest BCUT2D eigenvalue weighted by Crippen LogP contribution is 2.38. The Hall–Kier alpha value is -2.87. The van der Waals surface area contributed by atoms with Crippen molar-refractivity contribution in [3.63, 3.8) is 0 Å². The van der Waals surface area contributed by atoms with Gasteiger partial charge in [-0.1, -0.05) is 18.7 Å². The monoisotopic (exact) mass is 329 g/mol. The molecule has 2 heterocycles. The topological polar surface area (TPSA) is 126 Å². The second-order valence-electron chi connectivity index (χ2n) is 5.69. The van der Waals surface area contributed by atoms with E-state index < -0.39 is 17.9 Å². The third-order valence-electron chi connectivity index (χ3n) is 3.98. The van der Waals surface area contributed by atoms with E-state index in [2.05, 4.69) is 22.0 Å². The molecule has 2 atom stereocenters. The van der Waals surface area contributed by atoms with Crippen molar-refractivity contribution in [2.75, 3.05) is 11.9 Å². The average Bonchev–Trinajstić information content (AvgIpc) is 2.93. The fraction of sp³-hybridized carbons (Fsp3) is 0.312. The van der Waals surface area contributed by atoms with E-state index in [1.165, 1.54) is 0 Å². The van der Waals surface area contributed by atoms with Gasteiger partial charge in [0.15, 0.2) is 5.82 Å². The summed E-state index contributed by atoms with van der Waals surface area (Å²) in [6, 6.07) is 6.05. The fourth-order valence-corrected chi connectivity index (χ4v) is 2.91. The van der Waals surface area contributed by atoms with E-state index in [1.807, 2.05) is 0 Å². The number of hydrogen-bond acceptors (Lipinski definition) is 6. The van der Waals surface area contributed by atoms with Crippen molar-refractivity contribution in [2.45, 2.75) is 18.9 Å². The highest BCUT2D eigenvalue weighted by Gasteiger charge is 2.39. The van der Waals surface area contributed by atoms with E-state index in [0.717, 1.165) is 0 Å². The van der Waals surface area contributed by atoms with Gasteiger partial charge >= 0.3 is 0 Å². The number of amides is 1. The maximum Gasteiger partial charge on any atom is 0.229 e. The van der Waals surface area contributed by atoms with Gasteiger partial charge < -0.3 is 21.3 Å². The van der Waals surface area contributed by atoms with Gasteiger partial charge in [-0.15, -0.1) is 0 Å². The Labute approximate surface area is 138 Å². The molecule has 2 aromatic rings. The Morgan fingerprint density at radius 2 is 2.25 bits per heavy atom. The number of nitrogens with zero attached hydrogens (tertiary/aromatic N) is 3. The maximum atomic E-state index is 12.0. The molecule has 1 aromatic heterocycles. The molecule has 1 amide bonds. The molecule has 8 heteroatoms. The number of aliphatic hydroxyl groups is 1. The van der Waals surface area contributed by atoms with Crippen LogP contribution < -0.4 is 11.1 Å². The molecular weight excluding hydrogens is 310 g/mol. The number of aromatic hydroxyl groups is 1. The van der Waals surface area contributed by atoms with Gasteiger partial charge in [-0.05, 0) is 24.1 Å². The third-order valence-corrected chi connectivity index (χ3v) is 3.98. The Bertz CT molecular complexity index is 786. The number of aryl methyl sites for hydroxylation is 1. The first-order chi connectivity index (χ1) is 11.5. The molecule has 1 aliphatic heterocycles. The van der Waals surface area contributed by atoms with Gasteiger partial charge in [0.1, 0.15) is 11.7 Å². The number of hydrogen-bond donors (Lipinski definition) is 4. The predicted octanol–water partition coefficient (Wildman–Crippen LogP) is 0.539. The predicted molar refractivity (Wildman–Crippen MR) is 87.1 cm³/mol. The van der Waals surface area contributed by atoms with E-state index in [9.17, 15) is 9.90 Å². The van der Waals surface area contributed by atoms with Gasteiger partial charge in [-0.25, -0.2) is 4.68 Å². The first-order valence-electron chi connectivity index (χ1n) is 7.61. The number of phenolic OH excluding ortho intramolecular Hbond substituents is 1. The molecule has 0 radical (unpaired) electrons. The second-order valence-corrected chi connectivity index (χ2v) is 5.69. The minimum Gasteiger partial charge on any atom is -0.508 e. The SMILES string of the molecule is C=C1Nc2nc(CCCO)nn2C(c2cccc(O)c2)C1C(N)=O. The lowest BCUT2D eigenvalue weighted by Crippen LogP contribution is -2.40. The normalized spacial score (nSPS) is 19.6. The number of benzene rings is 1. The molecule has 0 aliphatic carbocycles. The van der Waals surface area contributed by atoms with Crippen LogP contribution in [0, 0.1) is 5.92 Å². The summed E-state index contributed by atoms with van der Waals surface area (Å²) in [5, 5.41) is 26.2. The van der Waals surface area contributed by atoms with Crippen LogP contribution in [0.2, 0.25) is 0 Å². The molecule has 0 fully saturated rings. The van der Waals surface area contributed by atoms with Gasteiger partial charge in [-0.2, -0.15) is 10.1 Å². The van der Waals surface area contributed by atoms with E-state index in [0.29, 0.717) is 35.9 Å². The molecule has 0 saturated carbocycles. The highest BCUT2D eigenvalue weighted by molar-refractivity contribution is 5.82. The van der Waals surface area contributed by atoms with Crippen LogP contribution in [0.25, 0.3) is 0 Å². The highest BCUT2D eigenvalue weighted by atomic mass is 16.3. The minimum absolute atomic E-state index is 0.0455. The molecule has 1 aromatic carbocycles. The van der Waals surface area contributed by atoms with E-state index >= 15 is 0 Å². The van der Waals surface area contributed by atoms with Crippen LogP contribution in [0.15, 0.2) is 36.5 Å². The molecule has 126 valence electrons. The van der Waals surface area contributed by atoms with Gasteiger partial charge in [0.2, 0.25) is 11.9 Å². The first-order valence-corrected chi connectivity index (χ1v) is 7.61. The van der Waals surface area contributed by atoms with Crippen LogP contribution in [0.4, 0.5) is 5.95 Å². The number of nitrogens with one attached hydrogen (secondary N) is 1. The molecule has 2 unspecified atom stereocenters. The number of carbonyl (C=O) groups excluding carboxylic acids is 1. The summed E-state index contributed by atoms with van der Waals surface area (Å²) in [6.45, 7) is 3.94. The standard InChI is InChI=1S/C16H19N5O3/c1-9-13(15(17)24)14(10-4-2-5-11(23)8-10)21-16(18-9)19-12(20-21)6-3-7-22/h2,4-5,8,13-14,22-23H,1,3,6-7H2,(H2,17,24)(H,18,19,20). The summed E-state index contributed by atoms with van der Waals surface area (Å²) in [7, 11) is 0. The van der Waals surface area contributed by atoms with Crippen molar-refractivity contribution < 1.29 is 15.0 Å². The number of anilines is 1. The summed E-state index contributed by atoms with van der Waals surface area (Å²) in [5.74, 6) is -0.180. The van der Waals surface area contributed by atoms with Gasteiger partial charge in [0, 0.05) is 18.7 Å². The Balaban J connectivity index is 2.09. The lowest BCUT2D eigenvalue weighted by Gasteiger charge is -2.32. The van der Waals surface area contributed by atoms with Crippen molar-refractivity contribution in [1.29, 1.82) is 0 Å². The number of aromatic nitrogens is 3. The zero-order valence-corrected chi connectivity index (χ0v) is 13.0. The number of primary amides is 1. The lowest BCUT2D eigenvalue weighted by molar-refractivity contribution is -0.121. The molecule has 24 heavy (non-hydrogen) atoms. The van der Waals surface area contributed by atoms with Crippen LogP contribution in [-0.2, 0) is 11.2 Å². The summed E-state index contributed by atoms with van der Waals surface area (Å²) in [4.78, 5) is 16.4. The number of nitrogens with two attached hydrogens (primary N) is 1. The molecule has 3 rings (SSSR count). The van der Waals surface area contributed by atoms with Crippen molar-refractivity contribution in [1.82, 2.24) is 14.8 Å². The molecule has 5 N–H and O–H groups in total. The summed E-state index contributed by atoms with van der Waals surface area (Å²) < 4.78 is 1.59. The van der Waals surface area contributed by atoms with Crippen LogP contribution in [0.3, 0.4) is 0 Å². The zero-order chi connectivity index (χ0) is 17.3. The molecule has 0 spiro atoms. The smallest absolute Gasteiger partial charge is 0.229 e. The quantitative estimate of drug-likeness (QED) is 0.634. The molecule has 0 bridgehead atoms. The van der Waals surface area contributed by atoms with Crippen molar-refractivity contribution >= 4 is 11.9 Å². The maximum absolute atomic E-state index is 12.0. The van der Waals surface area contributed by atoms with E-state index in [4.69, 9.17) is 10.8 Å². The zero-order valence-electron chi connectivity index (χ0n) is 13.0. The number of phenols is 1. The molecule has 1 aliphatic rings.